The van der Waals surface area contributed by atoms with Crippen molar-refractivity contribution in [3.63, 3.8) is 0 Å². The molecule has 4 N–H and O–H groups in total. The first-order chi connectivity index (χ1) is 9.58. The van der Waals surface area contributed by atoms with E-state index in [1.165, 1.54) is 5.56 Å². The van der Waals surface area contributed by atoms with Gasteiger partial charge in [-0.05, 0) is 17.5 Å². The van der Waals surface area contributed by atoms with E-state index < -0.39 is 12.1 Å². The first-order valence-corrected chi connectivity index (χ1v) is 6.56. The highest BCUT2D eigenvalue weighted by Gasteiger charge is 2.23. The predicted molar refractivity (Wildman–Crippen MR) is 72.0 cm³/mol. The molecule has 0 bridgehead atoms. The lowest BCUT2D eigenvalue weighted by molar-refractivity contribution is -0.147. The van der Waals surface area contributed by atoms with Crippen LogP contribution >= 0.6 is 0 Å². The number of aliphatic hydroxyl groups is 1. The topological polar surface area (TPSA) is 98.7 Å². The summed E-state index contributed by atoms with van der Waals surface area (Å²) >= 11 is 0. The van der Waals surface area contributed by atoms with Gasteiger partial charge in [-0.15, -0.1) is 0 Å². The van der Waals surface area contributed by atoms with E-state index in [1.807, 2.05) is 24.3 Å². The molecule has 6 heteroatoms. The second-order valence-corrected chi connectivity index (χ2v) is 4.84. The Kier molecular flexibility index (Phi) is 4.70. The predicted octanol–water partition coefficient (Wildman–Crippen LogP) is -0.347. The van der Waals surface area contributed by atoms with Gasteiger partial charge < -0.3 is 20.8 Å². The maximum absolute atomic E-state index is 12.0. The van der Waals surface area contributed by atoms with Crippen LogP contribution in [-0.2, 0) is 22.6 Å². The Morgan fingerprint density at radius 3 is 2.75 bits per heavy atom. The molecule has 0 aromatic heterocycles. The van der Waals surface area contributed by atoms with Gasteiger partial charge in [0.25, 0.3) is 0 Å². The van der Waals surface area contributed by atoms with Crippen molar-refractivity contribution in [2.75, 3.05) is 6.54 Å². The number of carboxylic acids is 1. The fourth-order valence-corrected chi connectivity index (χ4v) is 2.22. The lowest BCUT2D eigenvalue weighted by Gasteiger charge is -2.25. The van der Waals surface area contributed by atoms with Gasteiger partial charge in [-0.1, -0.05) is 24.3 Å². The summed E-state index contributed by atoms with van der Waals surface area (Å²) in [6, 6.07) is 7.63. The molecule has 6 nitrogen and oxygen atoms in total. The Balaban J connectivity index is 1.81. The van der Waals surface area contributed by atoms with Crippen molar-refractivity contribution >= 4 is 11.9 Å². The zero-order valence-corrected chi connectivity index (χ0v) is 11.0. The standard InChI is InChI=1S/C14H18N2O4/c17-12(14(19)20)5-6-15-13(18)11-7-9-3-1-2-4-10(9)8-16-11/h1-4,11-12,16-17H,5-8H2,(H,15,18)(H,19,20)/t11-,12+/m1/s1. The molecule has 0 radical (unpaired) electrons. The molecule has 1 amide bonds. The average Bonchev–Trinajstić information content (AvgIpc) is 2.46. The summed E-state index contributed by atoms with van der Waals surface area (Å²) in [5.41, 5.74) is 2.34. The third-order valence-corrected chi connectivity index (χ3v) is 3.40. The van der Waals surface area contributed by atoms with Gasteiger partial charge in [0.2, 0.25) is 5.91 Å². The summed E-state index contributed by atoms with van der Waals surface area (Å²) in [5.74, 6) is -1.44. The zero-order chi connectivity index (χ0) is 14.5. The fraction of sp³-hybridized carbons (Fsp3) is 0.429. The second-order valence-electron chi connectivity index (χ2n) is 4.84. The maximum Gasteiger partial charge on any atom is 0.332 e. The molecule has 1 aromatic rings. The third-order valence-electron chi connectivity index (χ3n) is 3.40. The average molecular weight is 278 g/mol. The summed E-state index contributed by atoms with van der Waals surface area (Å²) in [7, 11) is 0. The number of hydrogen-bond acceptors (Lipinski definition) is 4. The highest BCUT2D eigenvalue weighted by Crippen LogP contribution is 2.16. The van der Waals surface area contributed by atoms with Gasteiger partial charge in [-0.3, -0.25) is 4.79 Å². The van der Waals surface area contributed by atoms with Crippen molar-refractivity contribution in [1.29, 1.82) is 0 Å². The van der Waals surface area contributed by atoms with E-state index in [0.717, 1.165) is 5.56 Å². The van der Waals surface area contributed by atoms with E-state index in [9.17, 15) is 9.59 Å². The van der Waals surface area contributed by atoms with E-state index in [2.05, 4.69) is 10.6 Å². The largest absolute Gasteiger partial charge is 0.479 e. The molecule has 108 valence electrons. The van der Waals surface area contributed by atoms with Crippen molar-refractivity contribution in [3.05, 3.63) is 35.4 Å². The van der Waals surface area contributed by atoms with Crippen LogP contribution in [0.25, 0.3) is 0 Å². The molecule has 1 aliphatic rings. The third kappa shape index (κ3) is 3.55. The molecule has 0 fully saturated rings. The number of rotatable bonds is 5. The first-order valence-electron chi connectivity index (χ1n) is 6.56. The Hall–Kier alpha value is -1.92. The van der Waals surface area contributed by atoms with Gasteiger partial charge >= 0.3 is 5.97 Å². The monoisotopic (exact) mass is 278 g/mol. The number of aliphatic carboxylic acids is 1. The number of amides is 1. The van der Waals surface area contributed by atoms with Crippen molar-refractivity contribution in [3.8, 4) is 0 Å². The fourth-order valence-electron chi connectivity index (χ4n) is 2.22. The van der Waals surface area contributed by atoms with Crippen LogP contribution in [0.2, 0.25) is 0 Å². The van der Waals surface area contributed by atoms with Crippen molar-refractivity contribution in [1.82, 2.24) is 10.6 Å². The Labute approximate surface area is 116 Å². The Morgan fingerprint density at radius 1 is 1.35 bits per heavy atom. The van der Waals surface area contributed by atoms with Crippen LogP contribution in [0.3, 0.4) is 0 Å². The van der Waals surface area contributed by atoms with Gasteiger partial charge in [0.1, 0.15) is 0 Å². The lowest BCUT2D eigenvalue weighted by Crippen LogP contribution is -2.48. The molecule has 2 atom stereocenters. The van der Waals surface area contributed by atoms with E-state index in [1.54, 1.807) is 0 Å². The molecule has 0 aliphatic carbocycles. The number of hydrogen-bond donors (Lipinski definition) is 4. The van der Waals surface area contributed by atoms with E-state index in [0.29, 0.717) is 13.0 Å². The van der Waals surface area contributed by atoms with Crippen LogP contribution in [0.15, 0.2) is 24.3 Å². The second kappa shape index (κ2) is 6.49. The number of carbonyl (C=O) groups excluding carboxylic acids is 1. The van der Waals surface area contributed by atoms with Crippen LogP contribution in [-0.4, -0.2) is 40.8 Å². The van der Waals surface area contributed by atoms with Gasteiger partial charge in [0, 0.05) is 19.5 Å². The number of fused-ring (bicyclic) bond motifs is 1. The van der Waals surface area contributed by atoms with Crippen LogP contribution in [0.1, 0.15) is 17.5 Å². The first kappa shape index (κ1) is 14.5. The van der Waals surface area contributed by atoms with Crippen molar-refractivity contribution in [2.45, 2.75) is 31.5 Å². The molecule has 0 saturated carbocycles. The lowest BCUT2D eigenvalue weighted by atomic mass is 9.95. The highest BCUT2D eigenvalue weighted by molar-refractivity contribution is 5.82. The minimum Gasteiger partial charge on any atom is -0.479 e. The Bertz CT molecular complexity index is 504. The summed E-state index contributed by atoms with van der Waals surface area (Å²) in [4.78, 5) is 22.4. The van der Waals surface area contributed by atoms with Crippen molar-refractivity contribution in [2.24, 2.45) is 0 Å². The van der Waals surface area contributed by atoms with Gasteiger partial charge in [-0.25, -0.2) is 4.79 Å². The highest BCUT2D eigenvalue weighted by atomic mass is 16.4. The normalized spacial score (nSPS) is 18.9. The molecule has 0 saturated heterocycles. The minimum atomic E-state index is -1.43. The van der Waals surface area contributed by atoms with Crippen molar-refractivity contribution < 1.29 is 19.8 Å². The SMILES string of the molecule is O=C(O)[C@@H](O)CCNC(=O)[C@H]1Cc2ccccc2CN1. The summed E-state index contributed by atoms with van der Waals surface area (Å²) in [6.07, 6.45) is -0.816. The molecular formula is C14H18N2O4. The molecule has 1 heterocycles. The van der Waals surface area contributed by atoms with E-state index in [4.69, 9.17) is 10.2 Å². The summed E-state index contributed by atoms with van der Waals surface area (Å²) in [6.45, 7) is 0.790. The summed E-state index contributed by atoms with van der Waals surface area (Å²) in [5, 5.41) is 23.4. The smallest absolute Gasteiger partial charge is 0.332 e. The quantitative estimate of drug-likeness (QED) is 0.590. The number of carbonyl (C=O) groups is 2. The van der Waals surface area contributed by atoms with E-state index >= 15 is 0 Å². The molecule has 1 aromatic carbocycles. The van der Waals surface area contributed by atoms with Gasteiger partial charge in [-0.2, -0.15) is 0 Å². The van der Waals surface area contributed by atoms with Crippen LogP contribution < -0.4 is 10.6 Å². The molecule has 0 spiro atoms. The van der Waals surface area contributed by atoms with Crippen LogP contribution in [0, 0.1) is 0 Å². The molecule has 2 rings (SSSR count). The van der Waals surface area contributed by atoms with Crippen LogP contribution in [0.4, 0.5) is 0 Å². The number of carboxylic acid groups (broad SMARTS) is 1. The van der Waals surface area contributed by atoms with Crippen LogP contribution in [0.5, 0.6) is 0 Å². The number of aliphatic hydroxyl groups excluding tert-OH is 1. The number of nitrogens with one attached hydrogen (secondary N) is 2. The summed E-state index contributed by atoms with van der Waals surface area (Å²) < 4.78 is 0. The van der Waals surface area contributed by atoms with E-state index in [-0.39, 0.29) is 24.9 Å². The van der Waals surface area contributed by atoms with Gasteiger partial charge in [0.15, 0.2) is 6.10 Å². The zero-order valence-electron chi connectivity index (χ0n) is 11.0. The molecule has 0 unspecified atom stereocenters. The van der Waals surface area contributed by atoms with Gasteiger partial charge in [0.05, 0.1) is 6.04 Å². The molecule has 1 aliphatic heterocycles. The molecular weight excluding hydrogens is 260 g/mol. The maximum atomic E-state index is 12.0. The molecule has 20 heavy (non-hydrogen) atoms. The minimum absolute atomic E-state index is 0.00435. The Morgan fingerprint density at radius 2 is 2.05 bits per heavy atom. The number of benzene rings is 1.